The molecule has 11 nitrogen and oxygen atoms in total. The van der Waals surface area contributed by atoms with Gasteiger partial charge in [-0.2, -0.15) is 0 Å². The molecule has 2 aromatic carbocycles. The van der Waals surface area contributed by atoms with Crippen LogP contribution >= 0.6 is 11.6 Å². The van der Waals surface area contributed by atoms with Crippen molar-refractivity contribution in [2.45, 2.75) is 77.4 Å². The van der Waals surface area contributed by atoms with Crippen molar-refractivity contribution in [2.75, 3.05) is 37.5 Å². The van der Waals surface area contributed by atoms with Crippen molar-refractivity contribution in [1.29, 1.82) is 0 Å². The predicted molar refractivity (Wildman–Crippen MR) is 201 cm³/mol. The molecule has 0 radical (unpaired) electrons. The highest BCUT2D eigenvalue weighted by Gasteiger charge is 2.43. The standard InChI is InChI=1S/C39H50ClN5O6S/c1-25-9-10-26-8-6-18-51-36(26)32-15-12-30(32)22-45-21-29-11-14-31(40)19-27(29)7-4-5-17-50-35-16-13-28(20-34(35)45)37(46)42-52(48,24-25)43-38(47)33-23-44(2)41-39(33)49-3/h11,13-14,16,19-20,23,25-26,30,32,36H,4-10,12,15,17-18,21-22,24H2,1-3H3,(H,42,43,46,47,48)/t25-,26+,30-,32+,36-,52?/m0/s1. The second-order valence-corrected chi connectivity index (χ2v) is 17.5. The molecule has 280 valence electrons. The number of methoxy groups -OCH3 is 1. The van der Waals surface area contributed by atoms with Crippen LogP contribution in [0, 0.1) is 23.7 Å². The lowest BCUT2D eigenvalue weighted by molar-refractivity contribution is -0.102. The van der Waals surface area contributed by atoms with Crippen molar-refractivity contribution in [3.8, 4) is 11.6 Å². The number of aryl methyl sites for hydroxylation is 2. The lowest BCUT2D eigenvalue weighted by atomic mass is 9.65. The Hall–Kier alpha value is -3.61. The minimum absolute atomic E-state index is 0.0247. The highest BCUT2D eigenvalue weighted by Crippen LogP contribution is 2.46. The first-order valence-electron chi connectivity index (χ1n) is 18.7. The SMILES string of the molecule is COc1nn(C)cc1C(=O)NS1(=O)=NC(=O)c2ccc3c(c2)N(Cc2ccc(Cl)cc2CCCCO3)C[C@@H]2CC[C@H]2[C@H]2OCCC[C@@H]2CC[C@H](C)C1. The third-order valence-corrected chi connectivity index (χ3v) is 13.5. The minimum Gasteiger partial charge on any atom is -0.491 e. The Morgan fingerprint density at radius 1 is 1.02 bits per heavy atom. The van der Waals surface area contributed by atoms with Gasteiger partial charge in [-0.1, -0.05) is 24.6 Å². The fourth-order valence-electron chi connectivity index (χ4n) is 8.47. The molecule has 13 heteroatoms. The molecule has 52 heavy (non-hydrogen) atoms. The van der Waals surface area contributed by atoms with Gasteiger partial charge in [0.15, 0.2) is 0 Å². The van der Waals surface area contributed by atoms with E-state index in [1.165, 1.54) is 29.1 Å². The van der Waals surface area contributed by atoms with Gasteiger partial charge in [0, 0.05) is 43.5 Å². The van der Waals surface area contributed by atoms with E-state index in [1.54, 1.807) is 13.1 Å². The van der Waals surface area contributed by atoms with E-state index in [-0.39, 0.29) is 34.8 Å². The van der Waals surface area contributed by atoms with Crippen LogP contribution in [0.1, 0.15) is 90.1 Å². The van der Waals surface area contributed by atoms with E-state index in [0.29, 0.717) is 36.7 Å². The number of rotatable bonds is 3. The maximum absolute atomic E-state index is 14.7. The Morgan fingerprint density at radius 2 is 1.87 bits per heavy atom. The summed E-state index contributed by atoms with van der Waals surface area (Å²) in [5, 5.41) is 4.90. The summed E-state index contributed by atoms with van der Waals surface area (Å²) >= 11 is 6.50. The normalized spacial score (nSPS) is 28.3. The van der Waals surface area contributed by atoms with Crippen molar-refractivity contribution in [1.82, 2.24) is 14.5 Å². The van der Waals surface area contributed by atoms with Crippen molar-refractivity contribution in [3.05, 3.63) is 69.9 Å². The number of anilines is 1. The number of fused-ring (bicyclic) bond motifs is 5. The average Bonchev–Trinajstić information content (AvgIpc) is 3.48. The number of benzene rings is 2. The Labute approximate surface area is 312 Å². The van der Waals surface area contributed by atoms with Crippen LogP contribution in [0.3, 0.4) is 0 Å². The van der Waals surface area contributed by atoms with Gasteiger partial charge in [0.2, 0.25) is 5.88 Å². The number of carbonyl (C=O) groups excluding carboxylic acids is 2. The van der Waals surface area contributed by atoms with Crippen molar-refractivity contribution in [3.63, 3.8) is 0 Å². The molecule has 3 aliphatic heterocycles. The summed E-state index contributed by atoms with van der Waals surface area (Å²) in [5.74, 6) is 0.651. The molecule has 4 aliphatic rings. The van der Waals surface area contributed by atoms with E-state index in [9.17, 15) is 13.8 Å². The van der Waals surface area contributed by atoms with Gasteiger partial charge >= 0.3 is 0 Å². The summed E-state index contributed by atoms with van der Waals surface area (Å²) in [6.07, 6.45) is 10.4. The maximum atomic E-state index is 14.7. The Morgan fingerprint density at radius 3 is 2.67 bits per heavy atom. The molecule has 1 aliphatic carbocycles. The molecule has 1 unspecified atom stereocenters. The summed E-state index contributed by atoms with van der Waals surface area (Å²) in [6, 6.07) is 11.5. The Bertz CT molecular complexity index is 1920. The van der Waals surface area contributed by atoms with Gasteiger partial charge in [0.1, 0.15) is 21.2 Å². The first-order valence-corrected chi connectivity index (χ1v) is 20.7. The van der Waals surface area contributed by atoms with Crippen molar-refractivity contribution < 1.29 is 28.0 Å². The number of nitrogens with zero attached hydrogens (tertiary/aromatic N) is 4. The molecule has 1 saturated heterocycles. The van der Waals surface area contributed by atoms with Crippen LogP contribution in [-0.4, -0.2) is 64.5 Å². The molecule has 1 N–H and O–H groups in total. The van der Waals surface area contributed by atoms with Gasteiger partial charge < -0.3 is 19.1 Å². The lowest BCUT2D eigenvalue weighted by Crippen LogP contribution is -2.48. The summed E-state index contributed by atoms with van der Waals surface area (Å²) in [7, 11) is -0.491. The lowest BCUT2D eigenvalue weighted by Gasteiger charge is -2.48. The van der Waals surface area contributed by atoms with Gasteiger partial charge in [-0.15, -0.1) is 9.46 Å². The zero-order valence-electron chi connectivity index (χ0n) is 30.4. The highest BCUT2D eigenvalue weighted by molar-refractivity contribution is 7.92. The molecular weight excluding hydrogens is 702 g/mol. The van der Waals surface area contributed by atoms with Crippen LogP contribution in [0.5, 0.6) is 11.6 Å². The number of amides is 2. The second-order valence-electron chi connectivity index (χ2n) is 15.1. The smallest absolute Gasteiger partial charge is 0.286 e. The van der Waals surface area contributed by atoms with Crippen LogP contribution in [0.2, 0.25) is 5.02 Å². The van der Waals surface area contributed by atoms with Gasteiger partial charge in [-0.25, -0.2) is 4.21 Å². The zero-order valence-corrected chi connectivity index (χ0v) is 31.9. The fraction of sp³-hybridized carbons (Fsp3) is 0.564. The van der Waals surface area contributed by atoms with E-state index in [1.807, 2.05) is 25.1 Å². The van der Waals surface area contributed by atoms with Gasteiger partial charge in [-0.05, 0) is 123 Å². The Balaban J connectivity index is 1.32. The third kappa shape index (κ3) is 8.14. The molecule has 2 bridgehead atoms. The fourth-order valence-corrected chi connectivity index (χ4v) is 10.6. The zero-order chi connectivity index (χ0) is 36.4. The van der Waals surface area contributed by atoms with Gasteiger partial charge in [-0.3, -0.25) is 19.0 Å². The minimum atomic E-state index is -3.58. The number of ether oxygens (including phenoxy) is 3. The third-order valence-electron chi connectivity index (χ3n) is 11.3. The first kappa shape index (κ1) is 36.7. The van der Waals surface area contributed by atoms with Crippen LogP contribution in [-0.2, 0) is 34.7 Å². The van der Waals surface area contributed by atoms with E-state index < -0.39 is 21.7 Å². The van der Waals surface area contributed by atoms with Crippen LogP contribution in [0.4, 0.5) is 5.69 Å². The molecule has 2 fully saturated rings. The Kier molecular flexibility index (Phi) is 11.1. The molecule has 7 rings (SSSR count). The number of aromatic nitrogens is 2. The monoisotopic (exact) mass is 751 g/mol. The van der Waals surface area contributed by atoms with Crippen molar-refractivity contribution in [2.24, 2.45) is 35.1 Å². The molecule has 1 saturated carbocycles. The van der Waals surface area contributed by atoms with Crippen LogP contribution < -0.4 is 19.1 Å². The largest absolute Gasteiger partial charge is 0.491 e. The van der Waals surface area contributed by atoms with Crippen molar-refractivity contribution >= 4 is 39.0 Å². The summed E-state index contributed by atoms with van der Waals surface area (Å²) < 4.78 is 41.5. The van der Waals surface area contributed by atoms with Crippen LogP contribution in [0.15, 0.2) is 47.0 Å². The van der Waals surface area contributed by atoms with E-state index in [4.69, 9.17) is 25.8 Å². The topological polar surface area (TPSA) is 124 Å². The number of hydrogen-bond donors (Lipinski definition) is 1. The summed E-state index contributed by atoms with van der Waals surface area (Å²) in [5.41, 5.74) is 3.61. The number of nitrogens with one attached hydrogen (secondary N) is 1. The second kappa shape index (κ2) is 15.8. The maximum Gasteiger partial charge on any atom is 0.286 e. The molecule has 4 heterocycles. The van der Waals surface area contributed by atoms with Gasteiger partial charge in [0.25, 0.3) is 11.8 Å². The van der Waals surface area contributed by atoms with E-state index >= 15 is 0 Å². The molecule has 3 aromatic rings. The molecule has 1 aromatic heterocycles. The van der Waals surface area contributed by atoms with Gasteiger partial charge in [0.05, 0.1) is 31.3 Å². The predicted octanol–water partition coefficient (Wildman–Crippen LogP) is 7.01. The summed E-state index contributed by atoms with van der Waals surface area (Å²) in [6.45, 7) is 4.72. The number of carbonyl (C=O) groups is 2. The molecule has 6 atom stereocenters. The molecular formula is C39H50ClN5O6S. The quantitative estimate of drug-likeness (QED) is 0.303. The molecule has 0 spiro atoms. The van der Waals surface area contributed by atoms with E-state index in [2.05, 4.69) is 31.2 Å². The number of halogens is 1. The average molecular weight is 752 g/mol. The summed E-state index contributed by atoms with van der Waals surface area (Å²) in [4.78, 5) is 30.1. The van der Waals surface area contributed by atoms with Crippen LogP contribution in [0.25, 0.3) is 0 Å². The van der Waals surface area contributed by atoms with E-state index in [0.717, 1.165) is 81.6 Å². The number of hydrogen-bond acceptors (Lipinski definition) is 8. The first-order chi connectivity index (χ1) is 25.1. The molecule has 2 amide bonds. The highest BCUT2D eigenvalue weighted by atomic mass is 35.5.